The van der Waals surface area contributed by atoms with Gasteiger partial charge in [-0.1, -0.05) is 49.7 Å². The molecule has 0 unspecified atom stereocenters. The second-order valence-corrected chi connectivity index (χ2v) is 10.1. The fraction of sp³-hybridized carbons (Fsp3) is 0.194. The van der Waals surface area contributed by atoms with E-state index in [1.54, 1.807) is 52.1 Å². The Morgan fingerprint density at radius 1 is 1.00 bits per heavy atom. The van der Waals surface area contributed by atoms with Crippen molar-refractivity contribution in [1.29, 1.82) is 0 Å². The highest BCUT2D eigenvalue weighted by atomic mass is 35.5. The second-order valence-electron chi connectivity index (χ2n) is 9.62. The largest absolute Gasteiger partial charge is 0.467 e. The second kappa shape index (κ2) is 11.6. The molecule has 0 spiro atoms. The maximum absolute atomic E-state index is 13.6. The number of carbonyl (C=O) groups excluding carboxylic acids is 1. The van der Waals surface area contributed by atoms with Gasteiger partial charge in [0.25, 0.3) is 5.56 Å². The highest BCUT2D eigenvalue weighted by Gasteiger charge is 2.19. The minimum Gasteiger partial charge on any atom is -0.467 e. The Bertz CT molecular complexity index is 1630. The number of furan rings is 1. The molecule has 2 amide bonds. The first-order chi connectivity index (χ1) is 18.9. The molecule has 7 nitrogen and oxygen atoms in total. The summed E-state index contributed by atoms with van der Waals surface area (Å²) in [4.78, 5) is 33.5. The van der Waals surface area contributed by atoms with Gasteiger partial charge in [-0.2, -0.15) is 0 Å². The van der Waals surface area contributed by atoms with Crippen LogP contribution in [0.15, 0.2) is 100 Å². The third-order valence-electron chi connectivity index (χ3n) is 6.58. The van der Waals surface area contributed by atoms with Crippen LogP contribution < -0.4 is 10.9 Å². The van der Waals surface area contributed by atoms with E-state index in [2.05, 4.69) is 19.2 Å². The summed E-state index contributed by atoms with van der Waals surface area (Å²) >= 11 is 6.11. The lowest BCUT2D eigenvalue weighted by molar-refractivity contribution is 0.204. The Labute approximate surface area is 231 Å². The first kappa shape index (κ1) is 26.3. The van der Waals surface area contributed by atoms with E-state index in [9.17, 15) is 9.59 Å². The number of halogens is 1. The standard InChI is InChI=1S/C31H29ClN4O3/c1-21(2)22-9-13-24(14-10-22)33-31(38)35(20-26-6-5-19-39-26)18-17-29-34-28-8-4-3-7-27(28)30(37)36(29)25-15-11-23(32)12-16-25/h3-16,19,21H,17-18,20H2,1-2H3,(H,33,38). The molecule has 2 heterocycles. The van der Waals surface area contributed by atoms with Gasteiger partial charge < -0.3 is 14.6 Å². The first-order valence-electron chi connectivity index (χ1n) is 12.8. The van der Waals surface area contributed by atoms with Crippen LogP contribution in [0.3, 0.4) is 0 Å². The molecule has 0 saturated carbocycles. The van der Waals surface area contributed by atoms with Crippen LogP contribution in [0.1, 0.15) is 36.9 Å². The third-order valence-corrected chi connectivity index (χ3v) is 6.83. The van der Waals surface area contributed by atoms with Gasteiger partial charge in [0.2, 0.25) is 0 Å². The number of fused-ring (bicyclic) bond motifs is 1. The first-order valence-corrected chi connectivity index (χ1v) is 13.2. The molecule has 0 radical (unpaired) electrons. The average Bonchev–Trinajstić information content (AvgIpc) is 3.45. The number of urea groups is 1. The van der Waals surface area contributed by atoms with Gasteiger partial charge in [-0.15, -0.1) is 0 Å². The molecular weight excluding hydrogens is 512 g/mol. The lowest BCUT2D eigenvalue weighted by Gasteiger charge is -2.23. The molecule has 0 atom stereocenters. The summed E-state index contributed by atoms with van der Waals surface area (Å²) in [5.74, 6) is 1.60. The molecular formula is C31H29ClN4O3. The van der Waals surface area contributed by atoms with Crippen LogP contribution in [0.25, 0.3) is 16.6 Å². The smallest absolute Gasteiger partial charge is 0.322 e. The highest BCUT2D eigenvalue weighted by Crippen LogP contribution is 2.19. The quantitative estimate of drug-likeness (QED) is 0.229. The summed E-state index contributed by atoms with van der Waals surface area (Å²) in [6.45, 7) is 4.82. The lowest BCUT2D eigenvalue weighted by atomic mass is 10.0. The van der Waals surface area contributed by atoms with E-state index in [0.717, 1.165) is 0 Å². The van der Waals surface area contributed by atoms with Crippen molar-refractivity contribution < 1.29 is 9.21 Å². The Morgan fingerprint density at radius 3 is 2.44 bits per heavy atom. The fourth-order valence-electron chi connectivity index (χ4n) is 4.43. The topological polar surface area (TPSA) is 80.4 Å². The van der Waals surface area contributed by atoms with Crippen LogP contribution in [-0.2, 0) is 13.0 Å². The van der Waals surface area contributed by atoms with Crippen LogP contribution in [0, 0.1) is 0 Å². The van der Waals surface area contributed by atoms with Gasteiger partial charge in [0.1, 0.15) is 11.6 Å². The Balaban J connectivity index is 1.45. The van der Waals surface area contributed by atoms with Crippen molar-refractivity contribution in [2.45, 2.75) is 32.7 Å². The number of rotatable bonds is 8. The van der Waals surface area contributed by atoms with Crippen LogP contribution in [-0.4, -0.2) is 27.0 Å². The molecule has 0 bridgehead atoms. The number of nitrogens with zero attached hydrogens (tertiary/aromatic N) is 3. The minimum atomic E-state index is -0.273. The molecule has 1 N–H and O–H groups in total. The summed E-state index contributed by atoms with van der Waals surface area (Å²) in [5, 5.41) is 4.09. The van der Waals surface area contributed by atoms with E-state index in [0.29, 0.717) is 57.8 Å². The van der Waals surface area contributed by atoms with Crippen molar-refractivity contribution in [3.05, 3.63) is 124 Å². The zero-order chi connectivity index (χ0) is 27.4. The molecule has 0 aliphatic heterocycles. The van der Waals surface area contributed by atoms with E-state index >= 15 is 0 Å². The van der Waals surface area contributed by atoms with E-state index in [-0.39, 0.29) is 18.1 Å². The van der Waals surface area contributed by atoms with Gasteiger partial charge in [-0.05, 0) is 72.1 Å². The Hall–Kier alpha value is -4.36. The van der Waals surface area contributed by atoms with Crippen molar-refractivity contribution in [2.75, 3.05) is 11.9 Å². The molecule has 8 heteroatoms. The molecule has 198 valence electrons. The molecule has 0 saturated heterocycles. The molecule has 5 aromatic rings. The van der Waals surface area contributed by atoms with Gasteiger partial charge in [-0.3, -0.25) is 9.36 Å². The number of benzene rings is 3. The minimum absolute atomic E-state index is 0.176. The van der Waals surface area contributed by atoms with Crippen molar-refractivity contribution in [1.82, 2.24) is 14.5 Å². The number of para-hydroxylation sites is 1. The van der Waals surface area contributed by atoms with E-state index in [1.165, 1.54) is 5.56 Å². The number of carbonyl (C=O) groups is 1. The van der Waals surface area contributed by atoms with Crippen molar-refractivity contribution in [3.8, 4) is 5.69 Å². The highest BCUT2D eigenvalue weighted by molar-refractivity contribution is 6.30. The van der Waals surface area contributed by atoms with E-state index in [4.69, 9.17) is 21.0 Å². The van der Waals surface area contributed by atoms with E-state index in [1.807, 2.05) is 48.5 Å². The lowest BCUT2D eigenvalue weighted by Crippen LogP contribution is -2.37. The van der Waals surface area contributed by atoms with Crippen molar-refractivity contribution in [3.63, 3.8) is 0 Å². The predicted octanol–water partition coefficient (Wildman–Crippen LogP) is 7.03. The third kappa shape index (κ3) is 6.04. The van der Waals surface area contributed by atoms with Crippen LogP contribution in [0.4, 0.5) is 10.5 Å². The van der Waals surface area contributed by atoms with E-state index < -0.39 is 0 Å². The maximum atomic E-state index is 13.6. The molecule has 0 fully saturated rings. The van der Waals surface area contributed by atoms with Crippen LogP contribution >= 0.6 is 11.6 Å². The zero-order valence-corrected chi connectivity index (χ0v) is 22.6. The predicted molar refractivity (Wildman–Crippen MR) is 155 cm³/mol. The molecule has 2 aromatic heterocycles. The van der Waals surface area contributed by atoms with Gasteiger partial charge in [-0.25, -0.2) is 9.78 Å². The van der Waals surface area contributed by atoms with Crippen molar-refractivity contribution in [2.24, 2.45) is 0 Å². The Kier molecular flexibility index (Phi) is 7.79. The summed E-state index contributed by atoms with van der Waals surface area (Å²) in [5.41, 5.74) is 2.99. The molecule has 3 aromatic carbocycles. The zero-order valence-electron chi connectivity index (χ0n) is 21.8. The number of amides is 2. The van der Waals surface area contributed by atoms with Gasteiger partial charge >= 0.3 is 6.03 Å². The van der Waals surface area contributed by atoms with Gasteiger partial charge in [0.15, 0.2) is 0 Å². The summed E-state index contributed by atoms with van der Waals surface area (Å²) in [7, 11) is 0. The van der Waals surface area contributed by atoms with Crippen molar-refractivity contribution >= 4 is 34.2 Å². The molecule has 0 aliphatic carbocycles. The molecule has 0 aliphatic rings. The van der Waals surface area contributed by atoms with Crippen LogP contribution in [0.2, 0.25) is 5.02 Å². The average molecular weight is 541 g/mol. The van der Waals surface area contributed by atoms with Crippen LogP contribution in [0.5, 0.6) is 0 Å². The number of nitrogens with one attached hydrogen (secondary N) is 1. The van der Waals surface area contributed by atoms with Gasteiger partial charge in [0.05, 0.1) is 29.4 Å². The monoisotopic (exact) mass is 540 g/mol. The number of anilines is 1. The number of hydrogen-bond acceptors (Lipinski definition) is 4. The molecule has 39 heavy (non-hydrogen) atoms. The SMILES string of the molecule is CC(C)c1ccc(NC(=O)N(CCc2nc3ccccc3c(=O)n2-c2ccc(Cl)cc2)Cc2ccco2)cc1. The summed E-state index contributed by atoms with van der Waals surface area (Å²) in [6, 6.07) is 25.5. The van der Waals surface area contributed by atoms with Gasteiger partial charge in [0, 0.05) is 23.7 Å². The molecule has 5 rings (SSSR count). The summed E-state index contributed by atoms with van der Waals surface area (Å²) < 4.78 is 7.12. The fourth-order valence-corrected chi connectivity index (χ4v) is 4.56. The Morgan fingerprint density at radius 2 is 1.74 bits per heavy atom. The number of hydrogen-bond donors (Lipinski definition) is 1. The normalized spacial score (nSPS) is 11.2. The summed E-state index contributed by atoms with van der Waals surface area (Å²) in [6.07, 6.45) is 1.92. The number of aromatic nitrogens is 2. The maximum Gasteiger partial charge on any atom is 0.322 e.